The van der Waals surface area contributed by atoms with Gasteiger partial charge < -0.3 is 4.52 Å². The number of hydrogen-bond acceptors (Lipinski definition) is 4. The molecule has 0 spiro atoms. The normalized spacial score (nSPS) is 9.71. The van der Waals surface area contributed by atoms with E-state index in [2.05, 4.69) is 14.7 Å². The molecular weight excluding hydrogens is 202 g/mol. The minimum absolute atomic E-state index is 0.0463. The van der Waals surface area contributed by atoms with Gasteiger partial charge in [0, 0.05) is 10.6 Å². The number of aromatic nitrogens is 2. The molecule has 4 nitrogen and oxygen atoms in total. The van der Waals surface area contributed by atoms with E-state index < -0.39 is 0 Å². The summed E-state index contributed by atoms with van der Waals surface area (Å²) in [4.78, 5) is 3.85. The van der Waals surface area contributed by atoms with Crippen molar-refractivity contribution in [3.8, 4) is 17.5 Å². The molecule has 0 aliphatic heterocycles. The van der Waals surface area contributed by atoms with Crippen LogP contribution in [0, 0.1) is 11.3 Å². The minimum atomic E-state index is -0.0463. The van der Waals surface area contributed by atoms with Crippen LogP contribution in [-0.4, -0.2) is 10.1 Å². The Morgan fingerprint density at radius 3 is 2.57 bits per heavy atom. The summed E-state index contributed by atoms with van der Waals surface area (Å²) in [6, 6.07) is 8.72. The van der Waals surface area contributed by atoms with Gasteiger partial charge in [0.2, 0.25) is 5.82 Å². The van der Waals surface area contributed by atoms with Crippen LogP contribution in [-0.2, 0) is 0 Å². The van der Waals surface area contributed by atoms with Crippen molar-refractivity contribution in [2.24, 2.45) is 0 Å². The maximum Gasteiger partial charge on any atom is 0.329 e. The number of hydrogen-bond donors (Lipinski definition) is 0. The van der Waals surface area contributed by atoms with E-state index in [1.807, 2.05) is 0 Å². The quantitative estimate of drug-likeness (QED) is 0.717. The number of rotatable bonds is 1. The van der Waals surface area contributed by atoms with Crippen LogP contribution in [0.3, 0.4) is 0 Å². The van der Waals surface area contributed by atoms with Gasteiger partial charge in [-0.05, 0) is 24.3 Å². The summed E-state index contributed by atoms with van der Waals surface area (Å²) in [6.07, 6.45) is 0. The summed E-state index contributed by atoms with van der Waals surface area (Å²) < 4.78 is 4.64. The molecule has 0 fully saturated rings. The highest BCUT2D eigenvalue weighted by molar-refractivity contribution is 6.30. The first kappa shape index (κ1) is 8.73. The molecule has 0 saturated carbocycles. The number of benzene rings is 1. The van der Waals surface area contributed by atoms with Gasteiger partial charge in [-0.1, -0.05) is 16.8 Å². The molecule has 0 atom stereocenters. The van der Waals surface area contributed by atoms with Gasteiger partial charge in [-0.25, -0.2) is 0 Å². The van der Waals surface area contributed by atoms with Gasteiger partial charge in [0.15, 0.2) is 6.07 Å². The average molecular weight is 206 g/mol. The number of nitrogens with zero attached hydrogens (tertiary/aromatic N) is 3. The lowest BCUT2D eigenvalue weighted by Gasteiger charge is -1.92. The van der Waals surface area contributed by atoms with E-state index in [1.54, 1.807) is 30.3 Å². The number of nitriles is 1. The summed E-state index contributed by atoms with van der Waals surface area (Å²) in [5, 5.41) is 12.7. The molecule has 0 radical (unpaired) electrons. The molecule has 0 aliphatic rings. The Morgan fingerprint density at radius 1 is 1.29 bits per heavy atom. The fourth-order valence-electron chi connectivity index (χ4n) is 0.985. The molecular formula is C9H4ClN3O. The third kappa shape index (κ3) is 1.58. The highest BCUT2D eigenvalue weighted by Crippen LogP contribution is 2.18. The smallest absolute Gasteiger partial charge is 0.322 e. The maximum absolute atomic E-state index is 8.47. The van der Waals surface area contributed by atoms with E-state index in [1.165, 1.54) is 0 Å². The topological polar surface area (TPSA) is 62.7 Å². The zero-order valence-electron chi connectivity index (χ0n) is 6.94. The first-order valence-electron chi connectivity index (χ1n) is 3.79. The van der Waals surface area contributed by atoms with E-state index in [4.69, 9.17) is 16.9 Å². The zero-order chi connectivity index (χ0) is 9.97. The molecule has 0 N–H and O–H groups in total. The van der Waals surface area contributed by atoms with E-state index in [0.717, 1.165) is 5.56 Å². The van der Waals surface area contributed by atoms with Crippen molar-refractivity contribution in [1.82, 2.24) is 10.1 Å². The molecule has 1 aromatic heterocycles. The van der Waals surface area contributed by atoms with E-state index in [-0.39, 0.29) is 5.89 Å². The molecule has 5 heteroatoms. The third-order valence-corrected chi connectivity index (χ3v) is 1.88. The van der Waals surface area contributed by atoms with Crippen molar-refractivity contribution in [1.29, 1.82) is 5.26 Å². The Kier molecular flexibility index (Phi) is 2.17. The zero-order valence-corrected chi connectivity index (χ0v) is 7.69. The Morgan fingerprint density at radius 2 is 2.00 bits per heavy atom. The summed E-state index contributed by atoms with van der Waals surface area (Å²) in [5.74, 6) is 0.341. The van der Waals surface area contributed by atoms with Crippen LogP contribution in [0.5, 0.6) is 0 Å². The monoisotopic (exact) mass is 205 g/mol. The second-order valence-corrected chi connectivity index (χ2v) is 2.98. The standard InChI is InChI=1S/C9H4ClN3O/c10-7-3-1-6(2-4-7)9-12-8(5-11)14-13-9/h1-4H. The van der Waals surface area contributed by atoms with Crippen LogP contribution < -0.4 is 0 Å². The largest absolute Gasteiger partial charge is 0.329 e. The first-order chi connectivity index (χ1) is 6.79. The lowest BCUT2D eigenvalue weighted by molar-refractivity contribution is 0.408. The van der Waals surface area contributed by atoms with Crippen molar-refractivity contribution >= 4 is 11.6 Å². The summed E-state index contributed by atoms with van der Waals surface area (Å²) >= 11 is 5.72. The Labute approximate surface area is 84.7 Å². The molecule has 2 aromatic rings. The van der Waals surface area contributed by atoms with Crippen LogP contribution in [0.25, 0.3) is 11.4 Å². The van der Waals surface area contributed by atoms with Gasteiger partial charge in [-0.2, -0.15) is 10.2 Å². The highest BCUT2D eigenvalue weighted by atomic mass is 35.5. The van der Waals surface area contributed by atoms with Gasteiger partial charge in [-0.3, -0.25) is 0 Å². The van der Waals surface area contributed by atoms with Gasteiger partial charge in [-0.15, -0.1) is 0 Å². The Balaban J connectivity index is 2.40. The van der Waals surface area contributed by atoms with Crippen molar-refractivity contribution in [2.45, 2.75) is 0 Å². The second kappa shape index (κ2) is 3.48. The van der Waals surface area contributed by atoms with Gasteiger partial charge >= 0.3 is 5.89 Å². The lowest BCUT2D eigenvalue weighted by Crippen LogP contribution is -1.79. The predicted octanol–water partition coefficient (Wildman–Crippen LogP) is 2.26. The molecule has 0 saturated heterocycles. The lowest BCUT2D eigenvalue weighted by atomic mass is 10.2. The van der Waals surface area contributed by atoms with Crippen molar-refractivity contribution in [2.75, 3.05) is 0 Å². The summed E-state index contributed by atoms with van der Waals surface area (Å²) in [7, 11) is 0. The molecule has 0 unspecified atom stereocenters. The van der Waals surface area contributed by atoms with Crippen LogP contribution in [0.4, 0.5) is 0 Å². The fourth-order valence-corrected chi connectivity index (χ4v) is 1.11. The van der Waals surface area contributed by atoms with Gasteiger partial charge in [0.1, 0.15) is 0 Å². The molecule has 0 bridgehead atoms. The molecule has 0 aliphatic carbocycles. The minimum Gasteiger partial charge on any atom is -0.322 e. The average Bonchev–Trinajstić information content (AvgIpc) is 2.67. The summed E-state index contributed by atoms with van der Waals surface area (Å²) in [6.45, 7) is 0. The van der Waals surface area contributed by atoms with Gasteiger partial charge in [0.25, 0.3) is 0 Å². The Bertz CT molecular complexity index is 484. The Hall–Kier alpha value is -1.86. The second-order valence-electron chi connectivity index (χ2n) is 2.54. The van der Waals surface area contributed by atoms with Crippen LogP contribution in [0.2, 0.25) is 5.02 Å². The maximum atomic E-state index is 8.47. The third-order valence-electron chi connectivity index (χ3n) is 1.62. The van der Waals surface area contributed by atoms with Crippen molar-refractivity contribution < 1.29 is 4.52 Å². The van der Waals surface area contributed by atoms with Crippen LogP contribution in [0.15, 0.2) is 28.8 Å². The molecule has 0 amide bonds. The highest BCUT2D eigenvalue weighted by Gasteiger charge is 2.06. The van der Waals surface area contributed by atoms with Gasteiger partial charge in [0.05, 0.1) is 0 Å². The first-order valence-corrected chi connectivity index (χ1v) is 4.17. The predicted molar refractivity (Wildman–Crippen MR) is 49.5 cm³/mol. The summed E-state index contributed by atoms with van der Waals surface area (Å²) in [5.41, 5.74) is 0.764. The molecule has 1 heterocycles. The molecule has 2 rings (SSSR count). The molecule has 1 aromatic carbocycles. The van der Waals surface area contributed by atoms with E-state index >= 15 is 0 Å². The van der Waals surface area contributed by atoms with E-state index in [0.29, 0.717) is 10.8 Å². The molecule has 14 heavy (non-hydrogen) atoms. The van der Waals surface area contributed by atoms with Crippen LogP contribution in [0.1, 0.15) is 5.89 Å². The van der Waals surface area contributed by atoms with E-state index in [9.17, 15) is 0 Å². The van der Waals surface area contributed by atoms with Crippen molar-refractivity contribution in [3.63, 3.8) is 0 Å². The SMILES string of the molecule is N#Cc1nc(-c2ccc(Cl)cc2)no1. The molecule has 68 valence electrons. The fraction of sp³-hybridized carbons (Fsp3) is 0. The van der Waals surface area contributed by atoms with Crippen LogP contribution >= 0.6 is 11.6 Å². The number of halogens is 1. The van der Waals surface area contributed by atoms with Crippen molar-refractivity contribution in [3.05, 3.63) is 35.2 Å².